The molecule has 0 saturated heterocycles. The maximum absolute atomic E-state index is 14.4. The molecule has 4 unspecified atom stereocenters. The van der Waals surface area contributed by atoms with Gasteiger partial charge in [-0.05, 0) is 112 Å². The molecule has 278 valence electrons. The van der Waals surface area contributed by atoms with Crippen LogP contribution in [0.3, 0.4) is 0 Å². The van der Waals surface area contributed by atoms with Gasteiger partial charge in [-0.1, -0.05) is 42.8 Å². The van der Waals surface area contributed by atoms with Crippen LogP contribution in [0.25, 0.3) is 0 Å². The molecule has 0 amide bonds. The summed E-state index contributed by atoms with van der Waals surface area (Å²) >= 11 is 2.61. The van der Waals surface area contributed by atoms with Gasteiger partial charge in [-0.25, -0.2) is 8.42 Å². The van der Waals surface area contributed by atoms with E-state index in [-0.39, 0.29) is 29.0 Å². The minimum atomic E-state index is -4.04. The average molecular weight is 764 g/mol. The van der Waals surface area contributed by atoms with Crippen molar-refractivity contribution in [2.24, 2.45) is 5.41 Å². The number of hydrogen-bond acceptors (Lipinski definition) is 9. The SMILES string of the molecule is COc1ccc(CN(CC2(O)CCC3c4ccc(cc4C(=O)c4ccc(C)s4)CC(O)CCC(C)=CCCC32C)S(=O)(=O)c2cccs2)c(OC)c1. The summed E-state index contributed by atoms with van der Waals surface area (Å²) in [6, 6.07) is 18.4. The summed E-state index contributed by atoms with van der Waals surface area (Å²) in [5, 5.41) is 25.8. The van der Waals surface area contributed by atoms with Crippen LogP contribution in [0.1, 0.15) is 95.1 Å². The number of thiophene rings is 2. The van der Waals surface area contributed by atoms with E-state index in [9.17, 15) is 23.4 Å². The van der Waals surface area contributed by atoms with Gasteiger partial charge in [0.15, 0.2) is 0 Å². The topological polar surface area (TPSA) is 113 Å². The summed E-state index contributed by atoms with van der Waals surface area (Å²) in [5.74, 6) is 0.766. The number of rotatable bonds is 10. The van der Waals surface area contributed by atoms with Gasteiger partial charge in [0.1, 0.15) is 15.7 Å². The summed E-state index contributed by atoms with van der Waals surface area (Å²) in [5.41, 5.74) is 1.88. The number of benzene rings is 2. The molecule has 1 saturated carbocycles. The minimum absolute atomic E-state index is 0.0199. The Morgan fingerprint density at radius 2 is 1.83 bits per heavy atom. The zero-order valence-electron chi connectivity index (χ0n) is 30.6. The molecule has 4 aromatic rings. The number of ether oxygens (including phenoxy) is 2. The third-order valence-electron chi connectivity index (χ3n) is 11.2. The van der Waals surface area contributed by atoms with Gasteiger partial charge < -0.3 is 19.7 Å². The van der Waals surface area contributed by atoms with Gasteiger partial charge in [-0.3, -0.25) is 4.79 Å². The van der Waals surface area contributed by atoms with Crippen LogP contribution in [0.15, 0.2) is 81.9 Å². The van der Waals surface area contributed by atoms with Crippen molar-refractivity contribution in [3.63, 3.8) is 0 Å². The predicted octanol–water partition coefficient (Wildman–Crippen LogP) is 8.30. The summed E-state index contributed by atoms with van der Waals surface area (Å²) in [6.07, 6.45) is 5.57. The number of sulfonamides is 1. The Labute approximate surface area is 315 Å². The molecular formula is C41H49NO7S3. The fourth-order valence-electron chi connectivity index (χ4n) is 8.11. The van der Waals surface area contributed by atoms with E-state index >= 15 is 0 Å². The second-order valence-electron chi connectivity index (χ2n) is 14.6. The number of carbonyl (C=O) groups is 1. The molecule has 4 atom stereocenters. The molecule has 2 N–H and O–H groups in total. The first-order valence-electron chi connectivity index (χ1n) is 17.8. The highest BCUT2D eigenvalue weighted by Gasteiger charge is 2.58. The van der Waals surface area contributed by atoms with Crippen molar-refractivity contribution in [2.75, 3.05) is 20.8 Å². The van der Waals surface area contributed by atoms with E-state index in [1.54, 1.807) is 49.9 Å². The van der Waals surface area contributed by atoms with Crippen LogP contribution in [-0.4, -0.2) is 61.2 Å². The third kappa shape index (κ3) is 7.67. The van der Waals surface area contributed by atoms with Gasteiger partial charge in [0.05, 0.1) is 30.8 Å². The first kappa shape index (κ1) is 38.4. The quantitative estimate of drug-likeness (QED) is 0.124. The third-order valence-corrected chi connectivity index (χ3v) is 15.4. The first-order chi connectivity index (χ1) is 24.8. The molecule has 3 aliphatic carbocycles. The number of ketones is 1. The van der Waals surface area contributed by atoms with E-state index in [2.05, 4.69) is 19.9 Å². The number of allylic oxidation sites excluding steroid dienone is 2. The van der Waals surface area contributed by atoms with E-state index in [0.29, 0.717) is 66.0 Å². The molecule has 2 bridgehead atoms. The lowest BCUT2D eigenvalue weighted by atomic mass is 9.65. The summed E-state index contributed by atoms with van der Waals surface area (Å²) in [7, 11) is -0.932. The highest BCUT2D eigenvalue weighted by atomic mass is 32.2. The van der Waals surface area contributed by atoms with Crippen LogP contribution in [0.5, 0.6) is 11.5 Å². The number of methoxy groups -OCH3 is 2. The van der Waals surface area contributed by atoms with Crippen LogP contribution in [-0.2, 0) is 23.0 Å². The Bertz CT molecular complexity index is 2040. The average Bonchev–Trinajstić information content (AvgIpc) is 3.88. The van der Waals surface area contributed by atoms with Crippen molar-refractivity contribution in [1.29, 1.82) is 0 Å². The van der Waals surface area contributed by atoms with E-state index in [1.165, 1.54) is 21.2 Å². The van der Waals surface area contributed by atoms with Crippen LogP contribution >= 0.6 is 22.7 Å². The van der Waals surface area contributed by atoms with E-state index < -0.39 is 27.1 Å². The zero-order chi connectivity index (χ0) is 37.3. The number of hydrogen-bond donors (Lipinski definition) is 2. The Morgan fingerprint density at radius 1 is 1.02 bits per heavy atom. The molecule has 3 aliphatic rings. The molecule has 0 aliphatic heterocycles. The minimum Gasteiger partial charge on any atom is -0.497 e. The number of aryl methyl sites for hydroxylation is 1. The fourth-order valence-corrected chi connectivity index (χ4v) is 11.6. The van der Waals surface area contributed by atoms with Crippen molar-refractivity contribution in [1.82, 2.24) is 4.31 Å². The Balaban J connectivity index is 1.47. The lowest BCUT2D eigenvalue weighted by Gasteiger charge is -2.46. The van der Waals surface area contributed by atoms with Gasteiger partial charge in [-0.2, -0.15) is 4.31 Å². The van der Waals surface area contributed by atoms with Crippen LogP contribution in [0.2, 0.25) is 0 Å². The number of carbonyl (C=O) groups excluding carboxylic acids is 1. The van der Waals surface area contributed by atoms with Gasteiger partial charge in [0.2, 0.25) is 5.78 Å². The molecule has 0 spiro atoms. The summed E-state index contributed by atoms with van der Waals surface area (Å²) in [4.78, 5) is 16.0. The molecule has 2 aromatic heterocycles. The monoisotopic (exact) mass is 763 g/mol. The maximum Gasteiger partial charge on any atom is 0.252 e. The van der Waals surface area contributed by atoms with Gasteiger partial charge in [0.25, 0.3) is 10.0 Å². The molecule has 11 heteroatoms. The molecule has 0 radical (unpaired) electrons. The Morgan fingerprint density at radius 3 is 2.52 bits per heavy atom. The largest absolute Gasteiger partial charge is 0.497 e. The van der Waals surface area contributed by atoms with Gasteiger partial charge >= 0.3 is 0 Å². The molecule has 52 heavy (non-hydrogen) atoms. The predicted molar refractivity (Wildman–Crippen MR) is 207 cm³/mol. The van der Waals surface area contributed by atoms with Gasteiger partial charge in [-0.15, -0.1) is 22.7 Å². The lowest BCUT2D eigenvalue weighted by Crippen LogP contribution is -2.53. The number of aliphatic hydroxyl groups is 2. The van der Waals surface area contributed by atoms with Crippen molar-refractivity contribution in [2.45, 2.75) is 94.1 Å². The second kappa shape index (κ2) is 15.6. The van der Waals surface area contributed by atoms with Crippen molar-refractivity contribution in [3.8, 4) is 11.5 Å². The number of fused-ring (bicyclic) bond motifs is 8. The van der Waals surface area contributed by atoms with Crippen LogP contribution in [0.4, 0.5) is 0 Å². The maximum atomic E-state index is 14.4. The molecular weight excluding hydrogens is 715 g/mol. The number of nitrogens with zero attached hydrogens (tertiary/aromatic N) is 1. The molecule has 8 nitrogen and oxygen atoms in total. The zero-order valence-corrected chi connectivity index (χ0v) is 33.0. The number of aliphatic hydroxyl groups excluding tert-OH is 1. The molecule has 1 fully saturated rings. The molecule has 7 rings (SSSR count). The van der Waals surface area contributed by atoms with Crippen LogP contribution in [0, 0.1) is 12.3 Å². The smallest absolute Gasteiger partial charge is 0.252 e. The van der Waals surface area contributed by atoms with Gasteiger partial charge in [0, 0.05) is 40.6 Å². The summed E-state index contributed by atoms with van der Waals surface area (Å²) in [6.45, 7) is 5.97. The summed E-state index contributed by atoms with van der Waals surface area (Å²) < 4.78 is 41.6. The fraction of sp³-hybridized carbons (Fsp3) is 0.439. The highest BCUT2D eigenvalue weighted by Crippen LogP contribution is 2.59. The van der Waals surface area contributed by atoms with Crippen LogP contribution < -0.4 is 9.47 Å². The van der Waals surface area contributed by atoms with Crippen molar-refractivity contribution < 1.29 is 32.9 Å². The standard InChI is InChI=1S/C41H49NO7S3/c1-27-8-6-19-40(3)35(33-16-12-29(22-31(43)14-10-27)23-34(33)39(44)37-17-11-28(2)51-37)18-20-41(40,45)26-42(52(46,47)38-9-7-21-50-38)25-30-13-15-32(48-4)24-36(30)49-5/h7-9,11-13,15-17,21,23-24,31,35,43,45H,6,10,14,18-20,22,25-26H2,1-5H3. The van der Waals surface area contributed by atoms with E-state index in [4.69, 9.17) is 9.47 Å². The molecule has 2 heterocycles. The Hall–Kier alpha value is -3.32. The van der Waals surface area contributed by atoms with Crippen molar-refractivity contribution in [3.05, 3.63) is 110 Å². The van der Waals surface area contributed by atoms with E-state index in [0.717, 1.165) is 33.8 Å². The normalized spacial score (nSPS) is 24.0. The lowest BCUT2D eigenvalue weighted by molar-refractivity contribution is -0.0732. The van der Waals surface area contributed by atoms with E-state index in [1.807, 2.05) is 37.3 Å². The van der Waals surface area contributed by atoms with Crippen molar-refractivity contribution >= 4 is 38.5 Å². The highest BCUT2D eigenvalue weighted by molar-refractivity contribution is 7.91. The second-order valence-corrected chi connectivity index (χ2v) is 19.0. The Kier molecular flexibility index (Phi) is 11.5. The molecule has 2 aromatic carbocycles. The first-order valence-corrected chi connectivity index (χ1v) is 21.0.